The first-order valence-electron chi connectivity index (χ1n) is 8.42. The van der Waals surface area contributed by atoms with Crippen LogP contribution in [0.15, 0.2) is 0 Å². The van der Waals surface area contributed by atoms with Gasteiger partial charge in [-0.15, -0.1) is 0 Å². The summed E-state index contributed by atoms with van der Waals surface area (Å²) < 4.78 is 26.8. The van der Waals surface area contributed by atoms with E-state index < -0.39 is 10.0 Å². The van der Waals surface area contributed by atoms with E-state index in [2.05, 4.69) is 12.2 Å². The second-order valence-electron chi connectivity index (χ2n) is 6.59. The van der Waals surface area contributed by atoms with Crippen molar-refractivity contribution in [3.8, 4) is 0 Å². The Balaban J connectivity index is 1.98. The van der Waals surface area contributed by atoms with Gasteiger partial charge in [-0.2, -0.15) is 4.31 Å². The van der Waals surface area contributed by atoms with Crippen molar-refractivity contribution in [3.05, 3.63) is 0 Å². The normalized spacial score (nSPS) is 26.2. The quantitative estimate of drug-likeness (QED) is 0.776. The van der Waals surface area contributed by atoms with Crippen LogP contribution in [0.5, 0.6) is 0 Å². The van der Waals surface area contributed by atoms with E-state index in [0.29, 0.717) is 26.2 Å². The minimum atomic E-state index is -3.21. The number of carbonyl (C=O) groups excluding carboxylic acids is 1. The van der Waals surface area contributed by atoms with Crippen molar-refractivity contribution in [2.45, 2.75) is 45.6 Å². The third-order valence-corrected chi connectivity index (χ3v) is 6.70. The lowest BCUT2D eigenvalue weighted by molar-refractivity contribution is -0.135. The summed E-state index contributed by atoms with van der Waals surface area (Å²) in [5.74, 6) is 0.509. The number of piperidine rings is 1. The highest BCUT2D eigenvalue weighted by molar-refractivity contribution is 7.89. The van der Waals surface area contributed by atoms with E-state index in [-0.39, 0.29) is 23.6 Å². The van der Waals surface area contributed by atoms with Crippen molar-refractivity contribution in [1.29, 1.82) is 0 Å². The molecule has 128 valence electrons. The summed E-state index contributed by atoms with van der Waals surface area (Å²) in [4.78, 5) is 13.9. The molecule has 0 aromatic rings. The average Bonchev–Trinajstić information content (AvgIpc) is 2.47. The number of nitrogens with zero attached hydrogens (tertiary/aromatic N) is 2. The van der Waals surface area contributed by atoms with Crippen LogP contribution in [0.2, 0.25) is 0 Å². The fraction of sp³-hybridized carbons (Fsp3) is 0.933. The molecule has 0 radical (unpaired) electrons. The first-order chi connectivity index (χ1) is 10.4. The third kappa shape index (κ3) is 4.43. The van der Waals surface area contributed by atoms with Gasteiger partial charge in [-0.25, -0.2) is 8.42 Å². The Labute approximate surface area is 134 Å². The Morgan fingerprint density at radius 2 is 2.14 bits per heavy atom. The maximum atomic E-state index is 12.6. The number of hydrogen-bond donors (Lipinski definition) is 1. The van der Waals surface area contributed by atoms with Gasteiger partial charge in [0, 0.05) is 32.2 Å². The highest BCUT2D eigenvalue weighted by Crippen LogP contribution is 2.21. The molecule has 2 aliphatic heterocycles. The molecule has 2 saturated heterocycles. The van der Waals surface area contributed by atoms with Gasteiger partial charge in [0.05, 0.1) is 12.3 Å². The maximum absolute atomic E-state index is 12.6. The van der Waals surface area contributed by atoms with Gasteiger partial charge in [0.15, 0.2) is 0 Å². The van der Waals surface area contributed by atoms with Gasteiger partial charge in [-0.05, 0) is 25.2 Å². The lowest BCUT2D eigenvalue weighted by Crippen LogP contribution is -2.57. The molecule has 0 aromatic carbocycles. The Bertz CT molecular complexity index is 480. The molecular formula is C15H29N3O3S. The summed E-state index contributed by atoms with van der Waals surface area (Å²) in [5.41, 5.74) is 0. The van der Waals surface area contributed by atoms with E-state index >= 15 is 0 Å². The van der Waals surface area contributed by atoms with Gasteiger partial charge < -0.3 is 10.2 Å². The van der Waals surface area contributed by atoms with Crippen molar-refractivity contribution < 1.29 is 13.2 Å². The number of piperazine rings is 1. The minimum absolute atomic E-state index is 0.0413. The smallest absolute Gasteiger partial charge is 0.236 e. The number of sulfonamides is 1. The molecule has 2 aliphatic rings. The molecule has 1 amide bonds. The molecule has 2 unspecified atom stereocenters. The van der Waals surface area contributed by atoms with E-state index in [9.17, 15) is 13.2 Å². The SMILES string of the molecule is CCCC(C)CS(=O)(=O)N1CCCC(N2CCNCC2=O)C1. The average molecular weight is 331 g/mol. The van der Waals surface area contributed by atoms with E-state index in [1.54, 1.807) is 4.31 Å². The van der Waals surface area contributed by atoms with Crippen LogP contribution in [0, 0.1) is 5.92 Å². The van der Waals surface area contributed by atoms with Crippen molar-refractivity contribution in [1.82, 2.24) is 14.5 Å². The van der Waals surface area contributed by atoms with Crippen LogP contribution in [0.1, 0.15) is 39.5 Å². The Hall–Kier alpha value is -0.660. The standard InChI is InChI=1S/C15H29N3O3S/c1-3-5-13(2)12-22(20,21)17-8-4-6-14(11-17)18-9-7-16-10-15(18)19/h13-14,16H,3-12H2,1-2H3. The van der Waals surface area contributed by atoms with Gasteiger partial charge in [0.2, 0.25) is 15.9 Å². The molecule has 0 spiro atoms. The summed E-state index contributed by atoms with van der Waals surface area (Å²) in [6, 6.07) is 0.0413. The zero-order chi connectivity index (χ0) is 16.2. The van der Waals surface area contributed by atoms with Crippen LogP contribution in [0.3, 0.4) is 0 Å². The van der Waals surface area contributed by atoms with Crippen LogP contribution < -0.4 is 5.32 Å². The van der Waals surface area contributed by atoms with Crippen molar-refractivity contribution in [2.75, 3.05) is 38.5 Å². The van der Waals surface area contributed by atoms with E-state index in [1.807, 2.05) is 11.8 Å². The first-order valence-corrected chi connectivity index (χ1v) is 10.0. The molecule has 2 heterocycles. The molecule has 0 aliphatic carbocycles. The first kappa shape index (κ1) is 17.7. The third-order valence-electron chi connectivity index (χ3n) is 4.60. The molecule has 2 rings (SSSR count). The summed E-state index contributed by atoms with van der Waals surface area (Å²) in [6.07, 6.45) is 3.69. The predicted molar refractivity (Wildman–Crippen MR) is 87.0 cm³/mol. The molecule has 2 fully saturated rings. The topological polar surface area (TPSA) is 69.7 Å². The molecule has 7 heteroatoms. The molecule has 0 bridgehead atoms. The zero-order valence-electron chi connectivity index (χ0n) is 13.8. The molecule has 6 nitrogen and oxygen atoms in total. The number of hydrogen-bond acceptors (Lipinski definition) is 4. The highest BCUT2D eigenvalue weighted by Gasteiger charge is 2.34. The van der Waals surface area contributed by atoms with Crippen LogP contribution >= 0.6 is 0 Å². The van der Waals surface area contributed by atoms with Crippen LogP contribution in [-0.4, -0.2) is 68.0 Å². The number of rotatable bonds is 6. The highest BCUT2D eigenvalue weighted by atomic mass is 32.2. The second-order valence-corrected chi connectivity index (χ2v) is 8.60. The van der Waals surface area contributed by atoms with Crippen LogP contribution in [-0.2, 0) is 14.8 Å². The molecular weight excluding hydrogens is 302 g/mol. The summed E-state index contributed by atoms with van der Waals surface area (Å²) in [5, 5.41) is 3.06. The Morgan fingerprint density at radius 3 is 2.82 bits per heavy atom. The lowest BCUT2D eigenvalue weighted by atomic mass is 10.1. The largest absolute Gasteiger partial charge is 0.336 e. The fourth-order valence-electron chi connectivity index (χ4n) is 3.48. The van der Waals surface area contributed by atoms with Crippen LogP contribution in [0.4, 0.5) is 0 Å². The molecule has 2 atom stereocenters. The number of carbonyl (C=O) groups is 1. The van der Waals surface area contributed by atoms with Crippen molar-refractivity contribution >= 4 is 15.9 Å². The number of nitrogens with one attached hydrogen (secondary N) is 1. The van der Waals surface area contributed by atoms with Gasteiger partial charge in [0.1, 0.15) is 0 Å². The summed E-state index contributed by atoms with van der Waals surface area (Å²) in [7, 11) is -3.21. The van der Waals surface area contributed by atoms with Crippen molar-refractivity contribution in [2.24, 2.45) is 5.92 Å². The molecule has 0 saturated carbocycles. The maximum Gasteiger partial charge on any atom is 0.236 e. The molecule has 1 N–H and O–H groups in total. The predicted octanol–water partition coefficient (Wildman–Crippen LogP) is 0.649. The fourth-order valence-corrected chi connectivity index (χ4v) is 5.38. The van der Waals surface area contributed by atoms with Gasteiger partial charge in [0.25, 0.3) is 0 Å². The van der Waals surface area contributed by atoms with E-state index in [0.717, 1.165) is 32.2 Å². The summed E-state index contributed by atoms with van der Waals surface area (Å²) >= 11 is 0. The minimum Gasteiger partial charge on any atom is -0.336 e. The van der Waals surface area contributed by atoms with E-state index in [4.69, 9.17) is 0 Å². The monoisotopic (exact) mass is 331 g/mol. The van der Waals surface area contributed by atoms with Crippen LogP contribution in [0.25, 0.3) is 0 Å². The Kier molecular flexibility index (Phi) is 6.23. The molecule has 0 aromatic heterocycles. The number of amides is 1. The van der Waals surface area contributed by atoms with Gasteiger partial charge in [-0.1, -0.05) is 20.3 Å². The van der Waals surface area contributed by atoms with Crippen molar-refractivity contribution in [3.63, 3.8) is 0 Å². The lowest BCUT2D eigenvalue weighted by Gasteiger charge is -2.40. The zero-order valence-corrected chi connectivity index (χ0v) is 14.6. The van der Waals surface area contributed by atoms with E-state index in [1.165, 1.54) is 0 Å². The summed E-state index contributed by atoms with van der Waals surface area (Å²) in [6.45, 7) is 6.99. The molecule has 22 heavy (non-hydrogen) atoms. The van der Waals surface area contributed by atoms with Gasteiger partial charge in [-0.3, -0.25) is 4.79 Å². The van der Waals surface area contributed by atoms with Gasteiger partial charge >= 0.3 is 0 Å². The second kappa shape index (κ2) is 7.75. The Morgan fingerprint density at radius 1 is 1.36 bits per heavy atom.